The summed E-state index contributed by atoms with van der Waals surface area (Å²) in [5, 5.41) is 9.02. The molecule has 1 unspecified atom stereocenters. The summed E-state index contributed by atoms with van der Waals surface area (Å²) in [6.07, 6.45) is 2.48. The maximum absolute atomic E-state index is 12.8. The van der Waals surface area contributed by atoms with Crippen LogP contribution in [0.2, 0.25) is 5.02 Å². The molecule has 11 heteroatoms. The van der Waals surface area contributed by atoms with Crippen LogP contribution < -0.4 is 4.72 Å². The van der Waals surface area contributed by atoms with Crippen LogP contribution in [-0.2, 0) is 15.8 Å². The average Bonchev–Trinajstić information content (AvgIpc) is 3.20. The Bertz CT molecular complexity index is 1060. The van der Waals surface area contributed by atoms with Crippen molar-refractivity contribution in [3.63, 3.8) is 0 Å². The third-order valence-corrected chi connectivity index (χ3v) is 7.83. The lowest BCUT2D eigenvalue weighted by Crippen LogP contribution is -2.29. The van der Waals surface area contributed by atoms with Gasteiger partial charge in [0.2, 0.25) is 15.9 Å². The van der Waals surface area contributed by atoms with Crippen LogP contribution in [0.15, 0.2) is 67.5 Å². The molecule has 3 rings (SSSR count). The molecule has 1 atom stereocenters. The first-order valence-electron chi connectivity index (χ1n) is 8.85. The zero-order valence-corrected chi connectivity index (χ0v) is 20.7. The Morgan fingerprint density at radius 1 is 1.13 bits per heavy atom. The van der Waals surface area contributed by atoms with E-state index in [0.717, 1.165) is 15.8 Å². The largest absolute Gasteiger partial charge is 0.414 e. The molecular formula is C19H19BrClN3O3S3. The van der Waals surface area contributed by atoms with Crippen molar-refractivity contribution in [1.82, 2.24) is 14.9 Å². The van der Waals surface area contributed by atoms with E-state index in [-0.39, 0.29) is 10.8 Å². The molecule has 0 aliphatic carbocycles. The molecule has 2 aromatic carbocycles. The molecule has 160 valence electrons. The van der Waals surface area contributed by atoms with Gasteiger partial charge in [-0.3, -0.25) is 0 Å². The molecule has 1 heterocycles. The van der Waals surface area contributed by atoms with Crippen LogP contribution in [0, 0.1) is 0 Å². The SMILES string of the molecule is CSCCC(NS(=O)(=O)c1ccc(Cl)cc1)c1nnc(SCc2ccc(Br)cc2)o1. The third kappa shape index (κ3) is 6.73. The van der Waals surface area contributed by atoms with Crippen LogP contribution in [0.5, 0.6) is 0 Å². The zero-order chi connectivity index (χ0) is 21.6. The van der Waals surface area contributed by atoms with E-state index in [1.54, 1.807) is 11.8 Å². The van der Waals surface area contributed by atoms with Crippen molar-refractivity contribution >= 4 is 61.1 Å². The minimum Gasteiger partial charge on any atom is -0.414 e. The number of nitrogens with zero attached hydrogens (tertiary/aromatic N) is 2. The smallest absolute Gasteiger partial charge is 0.276 e. The molecule has 0 aliphatic rings. The van der Waals surface area contributed by atoms with Gasteiger partial charge in [0.1, 0.15) is 6.04 Å². The molecule has 0 spiro atoms. The zero-order valence-electron chi connectivity index (χ0n) is 15.9. The fraction of sp³-hybridized carbons (Fsp3) is 0.263. The normalized spacial score (nSPS) is 12.8. The number of hydrogen-bond donors (Lipinski definition) is 1. The van der Waals surface area contributed by atoms with Gasteiger partial charge in [-0.15, -0.1) is 10.2 Å². The summed E-state index contributed by atoms with van der Waals surface area (Å²) in [5.74, 6) is 1.65. The Kier molecular flexibility index (Phi) is 8.67. The molecular weight excluding hydrogens is 530 g/mol. The van der Waals surface area contributed by atoms with Crippen molar-refractivity contribution in [2.75, 3.05) is 12.0 Å². The Labute approximate surface area is 197 Å². The number of aromatic nitrogens is 2. The van der Waals surface area contributed by atoms with Crippen LogP contribution in [0.25, 0.3) is 0 Å². The number of thioether (sulfide) groups is 2. The fourth-order valence-corrected chi connectivity index (χ4v) is 5.29. The lowest BCUT2D eigenvalue weighted by atomic mass is 10.2. The Hall–Kier alpha value is -1.04. The van der Waals surface area contributed by atoms with Crippen LogP contribution >= 0.6 is 51.1 Å². The number of rotatable bonds is 10. The van der Waals surface area contributed by atoms with Gasteiger partial charge in [0.15, 0.2) is 0 Å². The summed E-state index contributed by atoms with van der Waals surface area (Å²) in [4.78, 5) is 0.130. The van der Waals surface area contributed by atoms with Gasteiger partial charge in [0.25, 0.3) is 5.22 Å². The molecule has 1 N–H and O–H groups in total. The van der Waals surface area contributed by atoms with Crippen molar-refractivity contribution in [3.8, 4) is 0 Å². The number of benzene rings is 2. The highest BCUT2D eigenvalue weighted by Crippen LogP contribution is 2.27. The van der Waals surface area contributed by atoms with Gasteiger partial charge in [0.05, 0.1) is 4.90 Å². The van der Waals surface area contributed by atoms with Gasteiger partial charge in [-0.2, -0.15) is 16.5 Å². The average molecular weight is 549 g/mol. The molecule has 0 fully saturated rings. The highest BCUT2D eigenvalue weighted by molar-refractivity contribution is 9.10. The van der Waals surface area contributed by atoms with Crippen LogP contribution in [-0.4, -0.2) is 30.6 Å². The maximum atomic E-state index is 12.8. The molecule has 3 aromatic rings. The Morgan fingerprint density at radius 3 is 2.50 bits per heavy atom. The predicted molar refractivity (Wildman–Crippen MR) is 126 cm³/mol. The van der Waals surface area contributed by atoms with Crippen molar-refractivity contribution < 1.29 is 12.8 Å². The van der Waals surface area contributed by atoms with E-state index in [1.165, 1.54) is 36.0 Å². The van der Waals surface area contributed by atoms with Gasteiger partial charge in [-0.1, -0.05) is 51.4 Å². The fourth-order valence-electron chi connectivity index (χ4n) is 2.48. The van der Waals surface area contributed by atoms with E-state index in [2.05, 4.69) is 30.8 Å². The number of halogens is 2. The molecule has 0 saturated heterocycles. The molecule has 30 heavy (non-hydrogen) atoms. The minimum atomic E-state index is -3.76. The van der Waals surface area contributed by atoms with Crippen LogP contribution in [0.3, 0.4) is 0 Å². The van der Waals surface area contributed by atoms with Gasteiger partial charge >= 0.3 is 0 Å². The van der Waals surface area contributed by atoms with Crippen LogP contribution in [0.1, 0.15) is 23.9 Å². The van der Waals surface area contributed by atoms with Gasteiger partial charge < -0.3 is 4.42 Å². The molecule has 0 bridgehead atoms. The van der Waals surface area contributed by atoms with Crippen molar-refractivity contribution in [2.24, 2.45) is 0 Å². The Balaban J connectivity index is 1.72. The standard InChI is InChI=1S/C19H19BrClN3O3S3/c1-28-11-10-17(24-30(25,26)16-8-6-15(21)7-9-16)18-22-23-19(27-18)29-12-13-2-4-14(20)5-3-13/h2-9,17,24H,10-12H2,1H3. The van der Waals surface area contributed by atoms with E-state index in [0.29, 0.717) is 22.4 Å². The monoisotopic (exact) mass is 547 g/mol. The van der Waals surface area contributed by atoms with Crippen molar-refractivity contribution in [1.29, 1.82) is 0 Å². The number of hydrogen-bond acceptors (Lipinski definition) is 7. The summed E-state index contributed by atoms with van der Waals surface area (Å²) in [6, 6.07) is 13.3. The maximum Gasteiger partial charge on any atom is 0.276 e. The summed E-state index contributed by atoms with van der Waals surface area (Å²) in [5.41, 5.74) is 1.12. The molecule has 0 amide bonds. The molecule has 6 nitrogen and oxygen atoms in total. The van der Waals surface area contributed by atoms with Crippen molar-refractivity contribution in [3.05, 3.63) is 69.5 Å². The first kappa shape index (κ1) is 23.6. The third-order valence-electron chi connectivity index (χ3n) is 4.03. The van der Waals surface area contributed by atoms with Gasteiger partial charge in [-0.25, -0.2) is 8.42 Å². The summed E-state index contributed by atoms with van der Waals surface area (Å²) < 4.78 is 35.0. The molecule has 1 aromatic heterocycles. The predicted octanol–water partition coefficient (Wildman–Crippen LogP) is 5.55. The highest BCUT2D eigenvalue weighted by atomic mass is 79.9. The van der Waals surface area contributed by atoms with E-state index in [9.17, 15) is 8.42 Å². The Morgan fingerprint density at radius 2 is 1.83 bits per heavy atom. The van der Waals surface area contributed by atoms with Gasteiger partial charge in [-0.05, 0) is 60.4 Å². The van der Waals surface area contributed by atoms with E-state index in [4.69, 9.17) is 16.0 Å². The topological polar surface area (TPSA) is 85.1 Å². The molecule has 0 aliphatic heterocycles. The molecule has 0 radical (unpaired) electrons. The van der Waals surface area contributed by atoms with Crippen LogP contribution in [0.4, 0.5) is 0 Å². The van der Waals surface area contributed by atoms with E-state index in [1.807, 2.05) is 30.5 Å². The highest BCUT2D eigenvalue weighted by Gasteiger charge is 2.25. The second kappa shape index (κ2) is 11.0. The first-order valence-corrected chi connectivity index (χ1v) is 13.9. The van der Waals surface area contributed by atoms with Crippen molar-refractivity contribution in [2.45, 2.75) is 28.3 Å². The summed E-state index contributed by atoms with van der Waals surface area (Å²) in [7, 11) is -3.76. The lowest BCUT2D eigenvalue weighted by molar-refractivity contribution is 0.371. The first-order chi connectivity index (χ1) is 14.4. The quantitative estimate of drug-likeness (QED) is 0.332. The summed E-state index contributed by atoms with van der Waals surface area (Å²) in [6.45, 7) is 0. The van der Waals surface area contributed by atoms with E-state index < -0.39 is 16.1 Å². The summed E-state index contributed by atoms with van der Waals surface area (Å²) >= 11 is 12.3. The number of nitrogens with one attached hydrogen (secondary N) is 1. The minimum absolute atomic E-state index is 0.130. The van der Waals surface area contributed by atoms with Gasteiger partial charge in [0, 0.05) is 15.2 Å². The second-order valence-electron chi connectivity index (χ2n) is 6.23. The van der Waals surface area contributed by atoms with E-state index >= 15 is 0 Å². The number of sulfonamides is 1. The lowest BCUT2D eigenvalue weighted by Gasteiger charge is -2.15. The second-order valence-corrected chi connectivity index (χ2v) is 11.2. The molecule has 0 saturated carbocycles.